The molecule has 4 N–H and O–H groups in total. The number of aliphatic imine (C=N–C) groups is 1. The van der Waals surface area contributed by atoms with Crippen LogP contribution >= 0.6 is 0 Å². The van der Waals surface area contributed by atoms with Crippen LogP contribution < -0.4 is 45.3 Å². The Morgan fingerprint density at radius 1 is 1.23 bits per heavy atom. The van der Waals surface area contributed by atoms with E-state index in [1.165, 1.54) is 0 Å². The first-order valence-electron chi connectivity index (χ1n) is 7.87. The van der Waals surface area contributed by atoms with Crippen molar-refractivity contribution in [1.82, 2.24) is 10.6 Å². The number of carboxylic acids is 2. The second-order valence-corrected chi connectivity index (χ2v) is 5.58. The van der Waals surface area contributed by atoms with Crippen molar-refractivity contribution in [2.24, 2.45) is 16.3 Å². The van der Waals surface area contributed by atoms with Gasteiger partial charge in [-0.05, 0) is 18.8 Å². The van der Waals surface area contributed by atoms with Crippen LogP contribution in [0.15, 0.2) is 4.99 Å². The zero-order chi connectivity index (χ0) is 19.6. The first kappa shape index (κ1) is 26.7. The molecular weight excluding hydrogens is 357 g/mol. The van der Waals surface area contributed by atoms with Crippen LogP contribution in [-0.2, 0) is 19.2 Å². The predicted octanol–water partition coefficient (Wildman–Crippen LogP) is -4.06. The van der Waals surface area contributed by atoms with Gasteiger partial charge in [0.05, 0.1) is 19.1 Å². The van der Waals surface area contributed by atoms with Gasteiger partial charge in [-0.25, -0.2) is 4.99 Å². The van der Waals surface area contributed by atoms with Crippen molar-refractivity contribution in [3.63, 3.8) is 0 Å². The Kier molecular flexibility index (Phi) is 13.2. The Labute approximate surface area is 173 Å². The fourth-order valence-corrected chi connectivity index (χ4v) is 2.58. The molecule has 1 heterocycles. The molecule has 2 amide bonds. The standard InChI is InChI=1S/C11H18N2O3.C4H7NO4.Na/c1-4-6-7(3)11(5-2)8(14)12-10(16)13-9(11)15;6-3(7)1-5-2-4(8)9;/h7H,4-6H2,1-3H3,(H2,12,13,14,15,16);5H,1-2H2,(H,6,7)(H,8,9);/q;;+1/p-1. The normalized spacial score (nSPS) is 19.9. The van der Waals surface area contributed by atoms with Gasteiger partial charge < -0.3 is 20.6 Å². The summed E-state index contributed by atoms with van der Waals surface area (Å²) in [6.45, 7) is 5.00. The molecule has 11 heteroatoms. The SMILES string of the molecule is CCCC(C)C1(CC)C(=O)N=C([O-])NC1=O.O=C(O)CNCC(=O)O.[Na+]. The number of amidine groups is 1. The molecular formula is C15H24N3NaO7. The molecule has 1 aliphatic rings. The molecule has 0 aromatic heterocycles. The number of rotatable bonds is 8. The van der Waals surface area contributed by atoms with Crippen LogP contribution in [0.5, 0.6) is 0 Å². The van der Waals surface area contributed by atoms with E-state index in [1.54, 1.807) is 6.92 Å². The van der Waals surface area contributed by atoms with Crippen LogP contribution in [0.2, 0.25) is 0 Å². The van der Waals surface area contributed by atoms with E-state index in [2.05, 4.69) is 15.6 Å². The molecule has 1 aliphatic heterocycles. The average molecular weight is 381 g/mol. The minimum Gasteiger partial charge on any atom is -0.846 e. The number of hydrogen-bond acceptors (Lipinski definition) is 6. The van der Waals surface area contributed by atoms with E-state index in [4.69, 9.17) is 10.2 Å². The minimum atomic E-state index is -1.15. The van der Waals surface area contributed by atoms with E-state index in [0.29, 0.717) is 6.42 Å². The van der Waals surface area contributed by atoms with Crippen LogP contribution in [0.3, 0.4) is 0 Å². The second kappa shape index (κ2) is 12.8. The van der Waals surface area contributed by atoms with Crippen LogP contribution in [0.1, 0.15) is 40.0 Å². The van der Waals surface area contributed by atoms with Gasteiger partial charge in [0, 0.05) is 0 Å². The van der Waals surface area contributed by atoms with E-state index < -0.39 is 35.2 Å². The van der Waals surface area contributed by atoms with Gasteiger partial charge in [0.2, 0.25) is 5.91 Å². The fourth-order valence-electron chi connectivity index (χ4n) is 2.58. The summed E-state index contributed by atoms with van der Waals surface area (Å²) < 4.78 is 0. The summed E-state index contributed by atoms with van der Waals surface area (Å²) in [7, 11) is 0. The molecule has 0 fully saturated rings. The summed E-state index contributed by atoms with van der Waals surface area (Å²) in [5, 5.41) is 31.2. The van der Waals surface area contributed by atoms with Crippen molar-refractivity contribution in [2.75, 3.05) is 13.1 Å². The van der Waals surface area contributed by atoms with Crippen LogP contribution in [-0.4, -0.2) is 53.1 Å². The van der Waals surface area contributed by atoms with E-state index in [0.717, 1.165) is 12.8 Å². The van der Waals surface area contributed by atoms with E-state index in [1.807, 2.05) is 13.8 Å². The Balaban J connectivity index is 0. The molecule has 0 saturated heterocycles. The number of carbonyl (C=O) groups excluding carboxylic acids is 2. The molecule has 0 bridgehead atoms. The first-order valence-corrected chi connectivity index (χ1v) is 7.87. The number of aliphatic carboxylic acids is 2. The van der Waals surface area contributed by atoms with Gasteiger partial charge in [0.15, 0.2) is 0 Å². The maximum atomic E-state index is 11.9. The molecule has 0 saturated carbocycles. The maximum absolute atomic E-state index is 11.9. The van der Waals surface area contributed by atoms with Crippen molar-refractivity contribution in [3.8, 4) is 0 Å². The quantitative estimate of drug-likeness (QED) is 0.243. The largest absolute Gasteiger partial charge is 1.00 e. The Morgan fingerprint density at radius 3 is 2.08 bits per heavy atom. The van der Waals surface area contributed by atoms with Crippen LogP contribution in [0.25, 0.3) is 0 Å². The van der Waals surface area contributed by atoms with Gasteiger partial charge in [-0.3, -0.25) is 24.5 Å². The van der Waals surface area contributed by atoms with Gasteiger partial charge in [-0.15, -0.1) is 0 Å². The summed E-state index contributed by atoms with van der Waals surface area (Å²) in [6.07, 6.45) is 2.02. The van der Waals surface area contributed by atoms with Gasteiger partial charge >= 0.3 is 41.5 Å². The molecule has 142 valence electrons. The number of amides is 2. The number of nitrogens with one attached hydrogen (secondary N) is 2. The molecule has 0 aromatic carbocycles. The molecule has 0 aromatic rings. The molecule has 26 heavy (non-hydrogen) atoms. The third-order valence-corrected chi connectivity index (χ3v) is 3.88. The number of nitrogens with zero attached hydrogens (tertiary/aromatic N) is 1. The van der Waals surface area contributed by atoms with Gasteiger partial charge in [0.25, 0.3) is 5.91 Å². The smallest absolute Gasteiger partial charge is 0.846 e. The van der Waals surface area contributed by atoms with Crippen molar-refractivity contribution in [2.45, 2.75) is 40.0 Å². The molecule has 0 radical (unpaired) electrons. The van der Waals surface area contributed by atoms with Crippen molar-refractivity contribution in [3.05, 3.63) is 0 Å². The summed E-state index contributed by atoms with van der Waals surface area (Å²) in [5.41, 5.74) is -1.15. The van der Waals surface area contributed by atoms with Gasteiger partial charge in [-0.2, -0.15) is 0 Å². The van der Waals surface area contributed by atoms with Gasteiger partial charge in [-0.1, -0.05) is 27.2 Å². The first-order chi connectivity index (χ1) is 11.6. The molecule has 2 unspecified atom stereocenters. The zero-order valence-corrected chi connectivity index (χ0v) is 17.5. The Morgan fingerprint density at radius 2 is 1.73 bits per heavy atom. The van der Waals surface area contributed by atoms with Crippen molar-refractivity contribution >= 4 is 29.8 Å². The van der Waals surface area contributed by atoms with E-state index in [9.17, 15) is 24.3 Å². The molecule has 0 spiro atoms. The molecule has 2 atom stereocenters. The van der Waals surface area contributed by atoms with Crippen molar-refractivity contribution < 1.29 is 64.1 Å². The second-order valence-electron chi connectivity index (χ2n) is 5.58. The molecule has 10 nitrogen and oxygen atoms in total. The summed E-state index contributed by atoms with van der Waals surface area (Å²) in [6, 6.07) is -0.845. The number of hydrogen-bond donors (Lipinski definition) is 4. The summed E-state index contributed by atoms with van der Waals surface area (Å²) in [5.74, 6) is -3.31. The van der Waals surface area contributed by atoms with Gasteiger partial charge in [0.1, 0.15) is 5.41 Å². The predicted molar refractivity (Wildman–Crippen MR) is 85.5 cm³/mol. The molecule has 1 rings (SSSR count). The fraction of sp³-hybridized carbons (Fsp3) is 0.667. The monoisotopic (exact) mass is 381 g/mol. The third kappa shape index (κ3) is 7.81. The molecule has 0 aliphatic carbocycles. The van der Waals surface area contributed by atoms with Crippen LogP contribution in [0, 0.1) is 11.3 Å². The average Bonchev–Trinajstić information content (AvgIpc) is 2.47. The summed E-state index contributed by atoms with van der Waals surface area (Å²) >= 11 is 0. The zero-order valence-electron chi connectivity index (χ0n) is 15.5. The maximum Gasteiger partial charge on any atom is 1.00 e. The minimum absolute atomic E-state index is 0. The van der Waals surface area contributed by atoms with Crippen molar-refractivity contribution in [1.29, 1.82) is 0 Å². The number of carboxylic acid groups (broad SMARTS) is 2. The van der Waals surface area contributed by atoms with Crippen LogP contribution in [0.4, 0.5) is 0 Å². The Bertz CT molecular complexity index is 539. The topological polar surface area (TPSA) is 168 Å². The number of carbonyl (C=O) groups is 4. The Hall–Kier alpha value is -1.49. The summed E-state index contributed by atoms with van der Waals surface area (Å²) in [4.78, 5) is 46.5. The van der Waals surface area contributed by atoms with E-state index >= 15 is 0 Å². The third-order valence-electron chi connectivity index (χ3n) is 3.88. The van der Waals surface area contributed by atoms with E-state index in [-0.39, 0.29) is 48.6 Å².